The van der Waals surface area contributed by atoms with Crippen LogP contribution in [-0.4, -0.2) is 23.4 Å². The van der Waals surface area contributed by atoms with E-state index in [1.807, 2.05) is 13.8 Å². The number of Topliss-reactive ketones (excluding diaryl/α,β-unsaturated/α-hetero) is 1. The van der Waals surface area contributed by atoms with Crippen LogP contribution in [0.4, 0.5) is 0 Å². The number of hydrogen-bond donors (Lipinski definition) is 0. The van der Waals surface area contributed by atoms with Crippen molar-refractivity contribution in [3.8, 4) is 0 Å². The van der Waals surface area contributed by atoms with E-state index >= 15 is 0 Å². The van der Waals surface area contributed by atoms with Crippen molar-refractivity contribution in [1.29, 1.82) is 0 Å². The first-order chi connectivity index (χ1) is 5.26. The summed E-state index contributed by atoms with van der Waals surface area (Å²) in [6.45, 7) is 5.26. The van der Waals surface area contributed by atoms with Gasteiger partial charge in [-0.2, -0.15) is 0 Å². The zero-order valence-corrected chi connectivity index (χ0v) is 9.26. The molecule has 0 fully saturated rings. The average molecular weight is 270 g/mol. The summed E-state index contributed by atoms with van der Waals surface area (Å²) < 4.78 is 5.79. The molecule has 0 saturated carbocycles. The van der Waals surface area contributed by atoms with Crippen molar-refractivity contribution in [1.82, 2.24) is 0 Å². The number of alkyl halides is 1. The first-order valence-electron chi connectivity index (χ1n) is 3.92. The van der Waals surface area contributed by atoms with Crippen LogP contribution in [0.2, 0.25) is 0 Å². The maximum Gasteiger partial charge on any atom is 0.147 e. The topological polar surface area (TPSA) is 26.3 Å². The predicted molar refractivity (Wildman–Crippen MR) is 54.2 cm³/mol. The molecule has 0 rings (SSSR count). The van der Waals surface area contributed by atoms with Crippen LogP contribution < -0.4 is 0 Å². The van der Waals surface area contributed by atoms with E-state index in [1.165, 1.54) is 0 Å². The lowest BCUT2D eigenvalue weighted by molar-refractivity contribution is -0.122. The molecule has 0 radical (unpaired) electrons. The number of hydrogen-bond acceptors (Lipinski definition) is 2. The molecule has 0 aromatic carbocycles. The van der Waals surface area contributed by atoms with E-state index in [1.54, 1.807) is 0 Å². The standard InChI is InChI=1S/C8H15IO2/c1-3-7(6-11-4-2)8(10)5-9/h7H,3-6H2,1-2H3. The van der Waals surface area contributed by atoms with E-state index in [0.717, 1.165) is 6.42 Å². The normalized spacial score (nSPS) is 13.0. The van der Waals surface area contributed by atoms with Gasteiger partial charge in [0.05, 0.1) is 11.0 Å². The Morgan fingerprint density at radius 3 is 2.55 bits per heavy atom. The number of ether oxygens (including phenoxy) is 1. The van der Waals surface area contributed by atoms with E-state index < -0.39 is 0 Å². The lowest BCUT2D eigenvalue weighted by Gasteiger charge is -2.10. The molecule has 0 aliphatic carbocycles. The Morgan fingerprint density at radius 2 is 2.18 bits per heavy atom. The second kappa shape index (κ2) is 7.03. The molecule has 1 atom stereocenters. The molecule has 0 aliphatic heterocycles. The summed E-state index contributed by atoms with van der Waals surface area (Å²) in [6, 6.07) is 0. The molecule has 66 valence electrons. The zero-order chi connectivity index (χ0) is 8.69. The molecule has 0 aliphatic rings. The van der Waals surface area contributed by atoms with Crippen molar-refractivity contribution in [2.75, 3.05) is 17.6 Å². The number of carbonyl (C=O) groups is 1. The number of ketones is 1. The summed E-state index contributed by atoms with van der Waals surface area (Å²) in [6.07, 6.45) is 0.891. The Balaban J connectivity index is 3.65. The Bertz CT molecular complexity index is 115. The summed E-state index contributed by atoms with van der Waals surface area (Å²) in [5.41, 5.74) is 0. The second-order valence-corrected chi connectivity index (χ2v) is 3.13. The minimum Gasteiger partial charge on any atom is -0.381 e. The summed E-state index contributed by atoms with van der Waals surface area (Å²) in [5.74, 6) is 0.424. The molecule has 0 amide bonds. The molecule has 0 bridgehead atoms. The predicted octanol–water partition coefficient (Wildman–Crippen LogP) is 2.05. The fourth-order valence-electron chi connectivity index (χ4n) is 0.808. The fraction of sp³-hybridized carbons (Fsp3) is 0.875. The minimum absolute atomic E-state index is 0.117. The van der Waals surface area contributed by atoms with Crippen LogP contribution in [0.15, 0.2) is 0 Å². The van der Waals surface area contributed by atoms with Gasteiger partial charge in [-0.3, -0.25) is 4.79 Å². The molecule has 0 aromatic rings. The molecule has 3 heteroatoms. The molecule has 0 saturated heterocycles. The van der Waals surface area contributed by atoms with Crippen LogP contribution in [0.25, 0.3) is 0 Å². The monoisotopic (exact) mass is 270 g/mol. The smallest absolute Gasteiger partial charge is 0.147 e. The highest BCUT2D eigenvalue weighted by molar-refractivity contribution is 14.1. The Labute approximate surface area is 81.8 Å². The highest BCUT2D eigenvalue weighted by Crippen LogP contribution is 2.06. The van der Waals surface area contributed by atoms with Crippen LogP contribution >= 0.6 is 22.6 Å². The zero-order valence-electron chi connectivity index (χ0n) is 7.10. The van der Waals surface area contributed by atoms with Crippen LogP contribution in [0.1, 0.15) is 20.3 Å². The van der Waals surface area contributed by atoms with Crippen molar-refractivity contribution >= 4 is 28.4 Å². The highest BCUT2D eigenvalue weighted by Gasteiger charge is 2.14. The van der Waals surface area contributed by atoms with Crippen LogP contribution in [0.5, 0.6) is 0 Å². The number of rotatable bonds is 6. The Kier molecular flexibility index (Phi) is 7.26. The minimum atomic E-state index is 0.117. The fourth-order valence-corrected chi connectivity index (χ4v) is 1.43. The van der Waals surface area contributed by atoms with E-state index in [4.69, 9.17) is 4.74 Å². The average Bonchev–Trinajstić information content (AvgIpc) is 2.05. The third-order valence-electron chi connectivity index (χ3n) is 1.60. The lowest BCUT2D eigenvalue weighted by Crippen LogP contribution is -2.20. The maximum atomic E-state index is 11.2. The van der Waals surface area contributed by atoms with E-state index in [2.05, 4.69) is 22.6 Å². The Hall–Kier alpha value is 0.360. The van der Waals surface area contributed by atoms with E-state index in [0.29, 0.717) is 23.4 Å². The summed E-state index contributed by atoms with van der Waals surface area (Å²) in [4.78, 5) is 11.2. The summed E-state index contributed by atoms with van der Waals surface area (Å²) in [7, 11) is 0. The van der Waals surface area contributed by atoms with Crippen LogP contribution in [0, 0.1) is 5.92 Å². The van der Waals surface area contributed by atoms with Gasteiger partial charge in [0.25, 0.3) is 0 Å². The van der Waals surface area contributed by atoms with Gasteiger partial charge in [-0.05, 0) is 13.3 Å². The van der Waals surface area contributed by atoms with Crippen LogP contribution in [0.3, 0.4) is 0 Å². The molecule has 1 unspecified atom stereocenters. The van der Waals surface area contributed by atoms with Crippen molar-refractivity contribution in [3.05, 3.63) is 0 Å². The van der Waals surface area contributed by atoms with E-state index in [-0.39, 0.29) is 5.92 Å². The summed E-state index contributed by atoms with van der Waals surface area (Å²) >= 11 is 2.10. The third kappa shape index (κ3) is 4.74. The van der Waals surface area contributed by atoms with Crippen molar-refractivity contribution in [2.45, 2.75) is 20.3 Å². The molecule has 0 heterocycles. The van der Waals surface area contributed by atoms with Gasteiger partial charge in [-0.1, -0.05) is 29.5 Å². The van der Waals surface area contributed by atoms with E-state index in [9.17, 15) is 4.79 Å². The quantitative estimate of drug-likeness (QED) is 0.545. The van der Waals surface area contributed by atoms with Gasteiger partial charge in [0.2, 0.25) is 0 Å². The first kappa shape index (κ1) is 11.4. The molecule has 11 heavy (non-hydrogen) atoms. The third-order valence-corrected chi connectivity index (χ3v) is 2.35. The molecule has 0 N–H and O–H groups in total. The van der Waals surface area contributed by atoms with Gasteiger partial charge in [0.1, 0.15) is 5.78 Å². The number of halogens is 1. The molecular formula is C8H15IO2. The van der Waals surface area contributed by atoms with Gasteiger partial charge in [-0.15, -0.1) is 0 Å². The summed E-state index contributed by atoms with van der Waals surface area (Å²) in [5, 5.41) is 0. The maximum absolute atomic E-state index is 11.2. The van der Waals surface area contributed by atoms with Gasteiger partial charge in [-0.25, -0.2) is 0 Å². The molecule has 0 spiro atoms. The number of carbonyl (C=O) groups excluding carboxylic acids is 1. The van der Waals surface area contributed by atoms with Crippen molar-refractivity contribution in [2.24, 2.45) is 5.92 Å². The van der Waals surface area contributed by atoms with Gasteiger partial charge >= 0.3 is 0 Å². The molecular weight excluding hydrogens is 255 g/mol. The largest absolute Gasteiger partial charge is 0.381 e. The van der Waals surface area contributed by atoms with Gasteiger partial charge in [0.15, 0.2) is 0 Å². The van der Waals surface area contributed by atoms with Gasteiger partial charge < -0.3 is 4.74 Å². The van der Waals surface area contributed by atoms with Crippen molar-refractivity contribution in [3.63, 3.8) is 0 Å². The molecule has 0 aromatic heterocycles. The van der Waals surface area contributed by atoms with Crippen LogP contribution in [-0.2, 0) is 9.53 Å². The van der Waals surface area contributed by atoms with Crippen molar-refractivity contribution < 1.29 is 9.53 Å². The SMILES string of the molecule is CCOCC(CC)C(=O)CI. The van der Waals surface area contributed by atoms with Gasteiger partial charge in [0, 0.05) is 12.5 Å². The highest BCUT2D eigenvalue weighted by atomic mass is 127. The Morgan fingerprint density at radius 1 is 1.55 bits per heavy atom. The lowest BCUT2D eigenvalue weighted by atomic mass is 10.0. The molecule has 2 nitrogen and oxygen atoms in total. The second-order valence-electron chi connectivity index (χ2n) is 2.36. The first-order valence-corrected chi connectivity index (χ1v) is 5.45.